The molecule has 0 aromatic heterocycles. The third-order valence-electron chi connectivity index (χ3n) is 7.90. The molecule has 0 radical (unpaired) electrons. The standard InChI is InChI=1S/C35H32/c1-3-4-5-6-7-8-9-16-26-24-34-30(23-25(26)2)29-19-12-15-22-33(29)35(34)31-20-13-10-17-27(31)28-18-11-14-21-32(28)35/h6-15,17-24H,3-5,16H2,1-2H3/b7-6-,9-8-. The summed E-state index contributed by atoms with van der Waals surface area (Å²) in [6.07, 6.45) is 13.6. The Bertz CT molecular complexity index is 1420. The highest BCUT2D eigenvalue weighted by Crippen LogP contribution is 2.62. The zero-order chi connectivity index (χ0) is 23.8. The van der Waals surface area contributed by atoms with Crippen LogP contribution >= 0.6 is 0 Å². The lowest BCUT2D eigenvalue weighted by atomic mass is 9.70. The summed E-state index contributed by atoms with van der Waals surface area (Å²) < 4.78 is 0. The van der Waals surface area contributed by atoms with Gasteiger partial charge >= 0.3 is 0 Å². The molecule has 0 atom stereocenters. The van der Waals surface area contributed by atoms with E-state index in [0.717, 1.165) is 12.8 Å². The number of hydrogen-bond acceptors (Lipinski definition) is 0. The average Bonchev–Trinajstić information content (AvgIpc) is 3.35. The van der Waals surface area contributed by atoms with E-state index in [1.807, 2.05) is 0 Å². The van der Waals surface area contributed by atoms with Gasteiger partial charge in [-0.3, -0.25) is 0 Å². The van der Waals surface area contributed by atoms with Crippen molar-refractivity contribution in [2.24, 2.45) is 0 Å². The van der Waals surface area contributed by atoms with Crippen molar-refractivity contribution in [1.29, 1.82) is 0 Å². The molecule has 172 valence electrons. The summed E-state index contributed by atoms with van der Waals surface area (Å²) in [6.45, 7) is 4.51. The Labute approximate surface area is 209 Å². The van der Waals surface area contributed by atoms with Crippen molar-refractivity contribution in [1.82, 2.24) is 0 Å². The summed E-state index contributed by atoms with van der Waals surface area (Å²) >= 11 is 0. The number of hydrogen-bond donors (Lipinski definition) is 0. The molecule has 0 nitrogen and oxygen atoms in total. The molecule has 0 amide bonds. The maximum atomic E-state index is 2.51. The SMILES string of the molecule is CCCC/C=C\C=C/Cc1cc2c(cc1C)-c1ccccc1C21c2ccccc2-c2ccccc21. The predicted molar refractivity (Wildman–Crippen MR) is 149 cm³/mol. The van der Waals surface area contributed by atoms with Crippen molar-refractivity contribution in [2.45, 2.75) is 44.9 Å². The van der Waals surface area contributed by atoms with Gasteiger partial charge in [0.05, 0.1) is 5.41 Å². The van der Waals surface area contributed by atoms with Crippen LogP contribution in [0.25, 0.3) is 22.3 Å². The molecule has 0 heterocycles. The van der Waals surface area contributed by atoms with Crippen LogP contribution in [0.3, 0.4) is 0 Å². The topological polar surface area (TPSA) is 0 Å². The van der Waals surface area contributed by atoms with Crippen LogP contribution in [0, 0.1) is 6.92 Å². The van der Waals surface area contributed by atoms with Crippen molar-refractivity contribution < 1.29 is 0 Å². The fourth-order valence-corrected chi connectivity index (χ4v) is 6.28. The lowest BCUT2D eigenvalue weighted by Crippen LogP contribution is -2.26. The number of unbranched alkanes of at least 4 members (excludes halogenated alkanes) is 2. The Balaban J connectivity index is 1.53. The van der Waals surface area contributed by atoms with Crippen molar-refractivity contribution in [3.05, 3.63) is 143 Å². The first-order chi connectivity index (χ1) is 17.3. The van der Waals surface area contributed by atoms with Crippen LogP contribution in [-0.2, 0) is 11.8 Å². The molecule has 0 aliphatic heterocycles. The normalized spacial score (nSPS) is 14.5. The highest BCUT2D eigenvalue weighted by molar-refractivity contribution is 5.95. The van der Waals surface area contributed by atoms with Gasteiger partial charge in [0.25, 0.3) is 0 Å². The van der Waals surface area contributed by atoms with Crippen LogP contribution in [0.1, 0.15) is 59.6 Å². The summed E-state index contributed by atoms with van der Waals surface area (Å²) in [5.41, 5.74) is 13.7. The lowest BCUT2D eigenvalue weighted by Gasteiger charge is -2.30. The monoisotopic (exact) mass is 452 g/mol. The minimum atomic E-state index is -0.245. The molecular weight excluding hydrogens is 420 g/mol. The van der Waals surface area contributed by atoms with E-state index in [1.165, 1.54) is 68.5 Å². The molecule has 0 saturated carbocycles. The van der Waals surface area contributed by atoms with Crippen LogP contribution in [-0.4, -0.2) is 0 Å². The van der Waals surface area contributed by atoms with Gasteiger partial charge in [-0.1, -0.05) is 129 Å². The Hall–Kier alpha value is -3.64. The van der Waals surface area contributed by atoms with Crippen LogP contribution in [0.4, 0.5) is 0 Å². The quantitative estimate of drug-likeness (QED) is 0.174. The van der Waals surface area contributed by atoms with Gasteiger partial charge in [-0.15, -0.1) is 0 Å². The van der Waals surface area contributed by atoms with Crippen molar-refractivity contribution >= 4 is 0 Å². The summed E-state index contributed by atoms with van der Waals surface area (Å²) in [5, 5.41) is 0. The third kappa shape index (κ3) is 3.27. The highest BCUT2D eigenvalue weighted by Gasteiger charge is 2.51. The number of fused-ring (bicyclic) bond motifs is 10. The number of benzene rings is 4. The van der Waals surface area contributed by atoms with Crippen molar-refractivity contribution in [3.8, 4) is 22.3 Å². The van der Waals surface area contributed by atoms with E-state index in [1.54, 1.807) is 0 Å². The molecule has 4 aromatic carbocycles. The molecule has 6 rings (SSSR count). The van der Waals surface area contributed by atoms with Crippen molar-refractivity contribution in [2.75, 3.05) is 0 Å². The average molecular weight is 453 g/mol. The molecule has 2 aliphatic rings. The fraction of sp³-hybridized carbons (Fsp3) is 0.200. The zero-order valence-electron chi connectivity index (χ0n) is 20.7. The zero-order valence-corrected chi connectivity index (χ0v) is 20.7. The first-order valence-electron chi connectivity index (χ1n) is 13.0. The molecule has 4 aromatic rings. The van der Waals surface area contributed by atoms with Gasteiger partial charge in [-0.25, -0.2) is 0 Å². The molecule has 1 spiro atoms. The van der Waals surface area contributed by atoms with Crippen LogP contribution < -0.4 is 0 Å². The summed E-state index contributed by atoms with van der Waals surface area (Å²) in [7, 11) is 0. The fourth-order valence-electron chi connectivity index (χ4n) is 6.28. The van der Waals surface area contributed by atoms with E-state index in [2.05, 4.69) is 123 Å². The Morgan fingerprint density at radius 2 is 1.17 bits per heavy atom. The summed E-state index contributed by atoms with van der Waals surface area (Å²) in [6, 6.07) is 32.1. The second-order valence-electron chi connectivity index (χ2n) is 9.91. The van der Waals surface area contributed by atoms with Gasteiger partial charge in [0.2, 0.25) is 0 Å². The van der Waals surface area contributed by atoms with Crippen molar-refractivity contribution in [3.63, 3.8) is 0 Å². The number of aryl methyl sites for hydroxylation is 1. The smallest absolute Gasteiger partial charge is 0.0725 e. The molecule has 0 bridgehead atoms. The Morgan fingerprint density at radius 3 is 1.77 bits per heavy atom. The maximum absolute atomic E-state index is 2.51. The van der Waals surface area contributed by atoms with E-state index < -0.39 is 0 Å². The molecule has 35 heavy (non-hydrogen) atoms. The second kappa shape index (κ2) is 8.86. The molecule has 0 heteroatoms. The van der Waals surface area contributed by atoms with E-state index in [-0.39, 0.29) is 5.41 Å². The summed E-state index contributed by atoms with van der Waals surface area (Å²) in [5.74, 6) is 0. The first kappa shape index (κ1) is 21.9. The van der Waals surface area contributed by atoms with E-state index >= 15 is 0 Å². The van der Waals surface area contributed by atoms with Gasteiger partial charge in [0.1, 0.15) is 0 Å². The van der Waals surface area contributed by atoms with Gasteiger partial charge in [0.15, 0.2) is 0 Å². The molecule has 0 fully saturated rings. The van der Waals surface area contributed by atoms with Crippen LogP contribution in [0.2, 0.25) is 0 Å². The largest absolute Gasteiger partial charge is 0.0845 e. The molecule has 0 N–H and O–H groups in total. The number of allylic oxidation sites excluding steroid dienone is 4. The first-order valence-corrected chi connectivity index (χ1v) is 13.0. The van der Waals surface area contributed by atoms with Gasteiger partial charge in [-0.05, 0) is 75.4 Å². The molecule has 2 aliphatic carbocycles. The molecular formula is C35H32. The van der Waals surface area contributed by atoms with E-state index in [9.17, 15) is 0 Å². The van der Waals surface area contributed by atoms with Crippen LogP contribution in [0.5, 0.6) is 0 Å². The molecule has 0 unspecified atom stereocenters. The van der Waals surface area contributed by atoms with Gasteiger partial charge in [0, 0.05) is 0 Å². The lowest BCUT2D eigenvalue weighted by molar-refractivity contribution is 0.791. The van der Waals surface area contributed by atoms with E-state index in [4.69, 9.17) is 0 Å². The minimum Gasteiger partial charge on any atom is -0.0845 e. The van der Waals surface area contributed by atoms with E-state index in [0.29, 0.717) is 0 Å². The summed E-state index contributed by atoms with van der Waals surface area (Å²) in [4.78, 5) is 0. The van der Waals surface area contributed by atoms with Crippen LogP contribution in [0.15, 0.2) is 109 Å². The van der Waals surface area contributed by atoms with Gasteiger partial charge < -0.3 is 0 Å². The Morgan fingerprint density at radius 1 is 0.629 bits per heavy atom. The minimum absolute atomic E-state index is 0.245. The highest BCUT2D eigenvalue weighted by atomic mass is 14.5. The second-order valence-corrected chi connectivity index (χ2v) is 9.91. The van der Waals surface area contributed by atoms with Gasteiger partial charge in [-0.2, -0.15) is 0 Å². The maximum Gasteiger partial charge on any atom is 0.0725 e. The third-order valence-corrected chi connectivity index (χ3v) is 7.90. The number of rotatable bonds is 6. The molecule has 0 saturated heterocycles. The Kier molecular flexibility index (Phi) is 5.53. The predicted octanol–water partition coefficient (Wildman–Crippen LogP) is 9.18.